The lowest BCUT2D eigenvalue weighted by Crippen LogP contribution is -2.34. The minimum absolute atomic E-state index is 0.105. The second-order valence-electron chi connectivity index (χ2n) is 4.44. The number of carboxylic acids is 1. The van der Waals surface area contributed by atoms with Crippen molar-refractivity contribution in [2.75, 3.05) is 18.3 Å². The molecule has 0 spiro atoms. The predicted molar refractivity (Wildman–Crippen MR) is 70.1 cm³/mol. The van der Waals surface area contributed by atoms with Crippen molar-refractivity contribution in [3.63, 3.8) is 0 Å². The number of nitrogens with zero attached hydrogens (tertiary/aromatic N) is 2. The minimum Gasteiger partial charge on any atom is -0.481 e. The summed E-state index contributed by atoms with van der Waals surface area (Å²) in [6.45, 7) is 3.79. The molecule has 0 aliphatic rings. The van der Waals surface area contributed by atoms with E-state index >= 15 is 0 Å². The van der Waals surface area contributed by atoms with Gasteiger partial charge in [0.2, 0.25) is 0 Å². The molecule has 8 nitrogen and oxygen atoms in total. The largest absolute Gasteiger partial charge is 0.481 e. The Morgan fingerprint density at radius 3 is 2.68 bits per heavy atom. The number of nitrogens with one attached hydrogen (secondary N) is 2. The summed E-state index contributed by atoms with van der Waals surface area (Å²) in [4.78, 5) is 10.4. The van der Waals surface area contributed by atoms with Gasteiger partial charge < -0.3 is 5.11 Å². The second-order valence-corrected chi connectivity index (χ2v) is 6.21. The van der Waals surface area contributed by atoms with Crippen LogP contribution in [0.1, 0.15) is 31.9 Å². The fourth-order valence-corrected chi connectivity index (χ4v) is 2.12. The summed E-state index contributed by atoms with van der Waals surface area (Å²) in [7, 11) is -2.48. The normalized spacial score (nSPS) is 12.1. The maximum Gasteiger partial charge on any atom is 0.304 e. The highest BCUT2D eigenvalue weighted by molar-refractivity contribution is 7.90. The fraction of sp³-hybridized carbons (Fsp3) is 0.600. The lowest BCUT2D eigenvalue weighted by molar-refractivity contribution is -0.137. The zero-order valence-corrected chi connectivity index (χ0v) is 11.9. The third kappa shape index (κ3) is 4.52. The molecule has 0 unspecified atom stereocenters. The molecule has 1 aromatic rings. The van der Waals surface area contributed by atoms with E-state index in [1.807, 2.05) is 13.8 Å². The number of carbonyl (C=O) groups is 1. The number of H-pyrrole nitrogens is 1. The van der Waals surface area contributed by atoms with Gasteiger partial charge in [0.15, 0.2) is 5.82 Å². The van der Waals surface area contributed by atoms with E-state index < -0.39 is 16.2 Å². The molecule has 0 aliphatic heterocycles. The van der Waals surface area contributed by atoms with Gasteiger partial charge in [0.05, 0.1) is 6.42 Å². The molecule has 0 aliphatic carbocycles. The van der Waals surface area contributed by atoms with Crippen LogP contribution >= 0.6 is 0 Å². The number of aromatic nitrogens is 2. The topological polar surface area (TPSA) is 115 Å². The van der Waals surface area contributed by atoms with Crippen LogP contribution in [0.15, 0.2) is 6.07 Å². The van der Waals surface area contributed by atoms with Crippen molar-refractivity contribution in [3.8, 4) is 0 Å². The maximum atomic E-state index is 11.9. The number of rotatable bonds is 7. The van der Waals surface area contributed by atoms with Crippen LogP contribution in [0, 0.1) is 0 Å². The summed E-state index contributed by atoms with van der Waals surface area (Å²) in [5, 5.41) is 15.1. The third-order valence-corrected chi connectivity index (χ3v) is 3.97. The maximum absolute atomic E-state index is 11.9. The van der Waals surface area contributed by atoms with E-state index in [0.717, 1.165) is 10.00 Å². The summed E-state index contributed by atoms with van der Waals surface area (Å²) >= 11 is 0. The van der Waals surface area contributed by atoms with Crippen molar-refractivity contribution < 1.29 is 18.3 Å². The molecular weight excluding hydrogens is 272 g/mol. The summed E-state index contributed by atoms with van der Waals surface area (Å²) in [5.41, 5.74) is 0.811. The lowest BCUT2D eigenvalue weighted by Gasteiger charge is -2.15. The van der Waals surface area contributed by atoms with E-state index in [0.29, 0.717) is 0 Å². The highest BCUT2D eigenvalue weighted by atomic mass is 32.2. The smallest absolute Gasteiger partial charge is 0.304 e. The van der Waals surface area contributed by atoms with Crippen LogP contribution in [-0.2, 0) is 15.0 Å². The van der Waals surface area contributed by atoms with Crippen LogP contribution in [-0.4, -0.2) is 47.6 Å². The fourth-order valence-electron chi connectivity index (χ4n) is 1.27. The number of carboxylic acid groups (broad SMARTS) is 1. The van der Waals surface area contributed by atoms with Crippen molar-refractivity contribution in [1.82, 2.24) is 14.5 Å². The second kappa shape index (κ2) is 6.02. The average Bonchev–Trinajstić information content (AvgIpc) is 2.73. The van der Waals surface area contributed by atoms with E-state index in [1.165, 1.54) is 7.05 Å². The molecule has 19 heavy (non-hydrogen) atoms. The Labute approximate surface area is 112 Å². The molecule has 1 heterocycles. The molecule has 0 atom stereocenters. The van der Waals surface area contributed by atoms with Crippen molar-refractivity contribution >= 4 is 22.0 Å². The zero-order chi connectivity index (χ0) is 14.6. The zero-order valence-electron chi connectivity index (χ0n) is 11.0. The van der Waals surface area contributed by atoms with E-state index in [2.05, 4.69) is 14.9 Å². The Kier molecular flexibility index (Phi) is 4.90. The first-order valence-corrected chi connectivity index (χ1v) is 7.17. The summed E-state index contributed by atoms with van der Waals surface area (Å²) in [6.07, 6.45) is -0.255. The monoisotopic (exact) mass is 290 g/mol. The Morgan fingerprint density at radius 1 is 1.58 bits per heavy atom. The molecule has 0 aromatic carbocycles. The number of hydrogen-bond acceptors (Lipinski definition) is 4. The van der Waals surface area contributed by atoms with Crippen LogP contribution in [0.5, 0.6) is 0 Å². The highest BCUT2D eigenvalue weighted by Crippen LogP contribution is 2.16. The molecule has 1 aromatic heterocycles. The summed E-state index contributed by atoms with van der Waals surface area (Å²) in [5.74, 6) is -0.662. The van der Waals surface area contributed by atoms with Gasteiger partial charge in [0.1, 0.15) is 0 Å². The minimum atomic E-state index is -3.78. The molecule has 0 fully saturated rings. The van der Waals surface area contributed by atoms with Crippen LogP contribution in [0.25, 0.3) is 0 Å². The van der Waals surface area contributed by atoms with E-state index in [1.54, 1.807) is 6.07 Å². The van der Waals surface area contributed by atoms with Crippen LogP contribution in [0.3, 0.4) is 0 Å². The molecule has 9 heteroatoms. The van der Waals surface area contributed by atoms with Crippen molar-refractivity contribution in [2.45, 2.75) is 26.2 Å². The first kappa shape index (κ1) is 15.4. The Bertz CT molecular complexity index is 537. The molecule has 0 amide bonds. The van der Waals surface area contributed by atoms with Crippen LogP contribution < -0.4 is 4.72 Å². The van der Waals surface area contributed by atoms with Gasteiger partial charge in [-0.1, -0.05) is 13.8 Å². The van der Waals surface area contributed by atoms with Gasteiger partial charge in [-0.15, -0.1) is 0 Å². The summed E-state index contributed by atoms with van der Waals surface area (Å²) in [6, 6.07) is 1.60. The van der Waals surface area contributed by atoms with Crippen LogP contribution in [0.4, 0.5) is 5.82 Å². The van der Waals surface area contributed by atoms with Gasteiger partial charge in [0, 0.05) is 25.4 Å². The van der Waals surface area contributed by atoms with E-state index in [-0.39, 0.29) is 24.7 Å². The van der Waals surface area contributed by atoms with E-state index in [4.69, 9.17) is 5.11 Å². The molecular formula is C10H18N4O4S. The quantitative estimate of drug-likeness (QED) is 0.680. The molecule has 3 N–H and O–H groups in total. The Morgan fingerprint density at radius 2 is 2.21 bits per heavy atom. The molecule has 0 radical (unpaired) electrons. The average molecular weight is 290 g/mol. The van der Waals surface area contributed by atoms with Crippen molar-refractivity contribution in [2.24, 2.45) is 0 Å². The van der Waals surface area contributed by atoms with Gasteiger partial charge in [-0.05, 0) is 5.92 Å². The van der Waals surface area contributed by atoms with Gasteiger partial charge in [-0.2, -0.15) is 17.8 Å². The molecule has 0 saturated heterocycles. The van der Waals surface area contributed by atoms with E-state index in [9.17, 15) is 13.2 Å². The lowest BCUT2D eigenvalue weighted by atomic mass is 10.1. The Balaban J connectivity index is 2.70. The highest BCUT2D eigenvalue weighted by Gasteiger charge is 2.19. The van der Waals surface area contributed by atoms with Gasteiger partial charge in [0.25, 0.3) is 0 Å². The standard InChI is InChI=1S/C10H18N4O4S/c1-7(2)8-6-9(12-11-8)13-19(17,18)14(3)5-4-10(15)16/h6-7H,4-5H2,1-3H3,(H,15,16)(H2,11,12,13). The number of anilines is 1. The van der Waals surface area contributed by atoms with Gasteiger partial charge in [-0.3, -0.25) is 14.6 Å². The Hall–Kier alpha value is -1.61. The number of hydrogen-bond donors (Lipinski definition) is 3. The molecule has 108 valence electrons. The van der Waals surface area contributed by atoms with Crippen molar-refractivity contribution in [3.05, 3.63) is 11.8 Å². The van der Waals surface area contributed by atoms with Crippen LogP contribution in [0.2, 0.25) is 0 Å². The molecule has 0 bridgehead atoms. The first-order valence-electron chi connectivity index (χ1n) is 5.73. The first-order chi connectivity index (χ1) is 8.72. The number of aromatic amines is 1. The summed E-state index contributed by atoms with van der Waals surface area (Å²) < 4.78 is 26.9. The molecule has 0 saturated carbocycles. The molecule has 1 rings (SSSR count). The predicted octanol–water partition coefficient (Wildman–Crippen LogP) is 0.596. The van der Waals surface area contributed by atoms with Crippen molar-refractivity contribution in [1.29, 1.82) is 0 Å². The number of aliphatic carboxylic acids is 1. The third-order valence-electron chi connectivity index (χ3n) is 2.50. The van der Waals surface area contributed by atoms with Gasteiger partial charge in [-0.25, -0.2) is 0 Å². The SMILES string of the molecule is CC(C)c1cc(NS(=O)(=O)N(C)CCC(=O)O)n[nH]1. The van der Waals surface area contributed by atoms with Gasteiger partial charge >= 0.3 is 16.2 Å².